The summed E-state index contributed by atoms with van der Waals surface area (Å²) >= 11 is 0. The summed E-state index contributed by atoms with van der Waals surface area (Å²) in [4.78, 5) is 23.0. The average molecular weight is 428 g/mol. The van der Waals surface area contributed by atoms with Crippen molar-refractivity contribution in [3.63, 3.8) is 0 Å². The summed E-state index contributed by atoms with van der Waals surface area (Å²) in [6.07, 6.45) is 0.225. The van der Waals surface area contributed by atoms with E-state index < -0.39 is 5.97 Å². The number of carboxylic acids is 1. The molecule has 0 aliphatic heterocycles. The lowest BCUT2D eigenvalue weighted by Gasteiger charge is -2.24. The second-order valence-corrected chi connectivity index (χ2v) is 8.18. The van der Waals surface area contributed by atoms with E-state index >= 15 is 0 Å². The van der Waals surface area contributed by atoms with Crippen LogP contribution in [0.4, 0.5) is 0 Å². The Morgan fingerprint density at radius 2 is 1.58 bits per heavy atom. The first-order chi connectivity index (χ1) is 14.5. The average Bonchev–Trinajstić information content (AvgIpc) is 3.09. The maximum absolute atomic E-state index is 12.5. The van der Waals surface area contributed by atoms with Gasteiger partial charge in [-0.2, -0.15) is 15.0 Å². The van der Waals surface area contributed by atoms with Gasteiger partial charge in [-0.25, -0.2) is 0 Å². The number of likely N-dealkylation sites (N-methyl/N-ethyl adjacent to an activating group) is 1. The molecule has 3 aromatic rings. The zero-order valence-corrected chi connectivity index (χ0v) is 18.3. The number of hydrogen-bond acceptors (Lipinski definition) is 6. The van der Waals surface area contributed by atoms with Crippen LogP contribution in [-0.2, 0) is 9.59 Å². The Labute approximate surface area is 181 Å². The monoisotopic (exact) mass is 427 g/mol. The lowest BCUT2D eigenvalue weighted by atomic mass is 10.0. The minimum atomic E-state index is -1.08. The Balaban J connectivity index is 0.000000785. The molecular weight excluding hydrogens is 398 g/mol. The van der Waals surface area contributed by atoms with Crippen molar-refractivity contribution in [3.8, 4) is 5.75 Å². The van der Waals surface area contributed by atoms with Crippen LogP contribution in [0.3, 0.4) is 0 Å². The molecule has 31 heavy (non-hydrogen) atoms. The quantitative estimate of drug-likeness (QED) is 0.536. The normalized spacial score (nSPS) is 12.0. The van der Waals surface area contributed by atoms with Gasteiger partial charge in [0.2, 0.25) is 5.91 Å². The summed E-state index contributed by atoms with van der Waals surface area (Å²) in [7, 11) is 6.26. The third-order valence-electron chi connectivity index (χ3n) is 4.34. The van der Waals surface area contributed by atoms with Crippen molar-refractivity contribution < 1.29 is 24.3 Å². The molecule has 0 spiro atoms. The number of aliphatic carboxylic acids is 1. The number of rotatable bonds is 7. The Hall–Kier alpha value is -3.46. The van der Waals surface area contributed by atoms with Crippen molar-refractivity contribution in [2.45, 2.75) is 19.4 Å². The predicted molar refractivity (Wildman–Crippen MR) is 115 cm³/mol. The standard InChI is InChI=1S/C20H25N5O2.C2H4O2/c1-25(2,3)13-12-21-20(27)14-19(15-8-10-16(26)11-9-15)24-22-17-6-4-5-7-18(17)23-24;1-2(3)4/h4-11,19H,12-14H2,1-3H3,(H-,21,26,27);1H3,(H,3,4). The van der Waals surface area contributed by atoms with E-state index in [1.165, 1.54) is 0 Å². The molecule has 0 radical (unpaired) electrons. The van der Waals surface area contributed by atoms with E-state index in [4.69, 9.17) is 9.90 Å². The van der Waals surface area contributed by atoms with E-state index in [9.17, 15) is 9.90 Å². The van der Waals surface area contributed by atoms with Crippen LogP contribution in [0.25, 0.3) is 11.0 Å². The Kier molecular flexibility index (Phi) is 8.09. The number of hydrogen-bond donors (Lipinski definition) is 2. The number of carbonyl (C=O) groups excluding carboxylic acids is 2. The van der Waals surface area contributed by atoms with Crippen molar-refractivity contribution in [2.75, 3.05) is 34.2 Å². The number of phenols is 1. The Morgan fingerprint density at radius 3 is 2.06 bits per heavy atom. The van der Waals surface area contributed by atoms with Crippen LogP contribution in [-0.4, -0.2) is 70.7 Å². The van der Waals surface area contributed by atoms with Crippen molar-refractivity contribution in [1.82, 2.24) is 20.3 Å². The number of aromatic hydroxyl groups is 1. The summed E-state index contributed by atoms with van der Waals surface area (Å²) < 4.78 is 0.785. The Morgan fingerprint density at radius 1 is 1.06 bits per heavy atom. The number of carbonyl (C=O) groups is 2. The van der Waals surface area contributed by atoms with E-state index in [-0.39, 0.29) is 24.1 Å². The number of benzene rings is 2. The molecule has 0 bridgehead atoms. The molecule has 2 aromatic carbocycles. The number of fused-ring (bicyclic) bond motifs is 1. The van der Waals surface area contributed by atoms with E-state index in [1.54, 1.807) is 29.1 Å². The van der Waals surface area contributed by atoms with Gasteiger partial charge >= 0.3 is 0 Å². The molecule has 1 aromatic heterocycles. The zero-order chi connectivity index (χ0) is 23.0. The van der Waals surface area contributed by atoms with Crippen LogP contribution in [0.2, 0.25) is 0 Å². The molecule has 0 aliphatic rings. The summed E-state index contributed by atoms with van der Waals surface area (Å²) in [5.74, 6) is -0.952. The highest BCUT2D eigenvalue weighted by molar-refractivity contribution is 5.77. The van der Waals surface area contributed by atoms with Crippen LogP contribution in [0, 0.1) is 0 Å². The van der Waals surface area contributed by atoms with E-state index in [0.717, 1.165) is 34.5 Å². The van der Waals surface area contributed by atoms with E-state index in [1.807, 2.05) is 24.3 Å². The number of quaternary nitrogens is 1. The molecule has 1 heterocycles. The van der Waals surface area contributed by atoms with Gasteiger partial charge in [-0.05, 0) is 36.8 Å². The van der Waals surface area contributed by atoms with Gasteiger partial charge < -0.3 is 24.8 Å². The first kappa shape index (κ1) is 23.8. The molecule has 9 heteroatoms. The number of carboxylic acid groups (broad SMARTS) is 1. The fourth-order valence-corrected chi connectivity index (χ4v) is 2.82. The van der Waals surface area contributed by atoms with Crippen LogP contribution in [0.5, 0.6) is 5.75 Å². The summed E-state index contributed by atoms with van der Waals surface area (Å²) in [6, 6.07) is 14.1. The van der Waals surface area contributed by atoms with Crippen molar-refractivity contribution in [1.29, 1.82) is 0 Å². The number of phenolic OH excluding ortho intramolecular Hbond substituents is 1. The predicted octanol–water partition coefficient (Wildman–Crippen LogP) is 0.695. The van der Waals surface area contributed by atoms with Gasteiger partial charge in [0, 0.05) is 5.97 Å². The summed E-state index contributed by atoms with van der Waals surface area (Å²) in [5.41, 5.74) is 2.44. The SMILES string of the molecule is CC(=O)[O-].C[N+](C)(C)CCNC(=O)CC(c1ccc(O)cc1)n1nc2ccccc2n1. The van der Waals surface area contributed by atoms with Gasteiger partial charge in [-0.1, -0.05) is 24.3 Å². The smallest absolute Gasteiger partial charge is 0.222 e. The van der Waals surface area contributed by atoms with Crippen LogP contribution in [0.15, 0.2) is 48.5 Å². The fraction of sp³-hybridized carbons (Fsp3) is 0.364. The van der Waals surface area contributed by atoms with Crippen molar-refractivity contribution in [3.05, 3.63) is 54.1 Å². The van der Waals surface area contributed by atoms with Crippen LogP contribution in [0.1, 0.15) is 24.9 Å². The second kappa shape index (κ2) is 10.5. The van der Waals surface area contributed by atoms with Gasteiger partial charge in [0.1, 0.15) is 22.8 Å². The third kappa shape index (κ3) is 8.06. The lowest BCUT2D eigenvalue weighted by Crippen LogP contribution is -2.42. The first-order valence-electron chi connectivity index (χ1n) is 9.90. The molecule has 1 unspecified atom stereocenters. The number of nitrogens with one attached hydrogen (secondary N) is 1. The molecule has 0 fully saturated rings. The van der Waals surface area contributed by atoms with Crippen LogP contribution < -0.4 is 10.4 Å². The highest BCUT2D eigenvalue weighted by Gasteiger charge is 2.21. The molecule has 2 N–H and O–H groups in total. The fourth-order valence-electron chi connectivity index (χ4n) is 2.82. The molecule has 0 saturated carbocycles. The Bertz CT molecular complexity index is 972. The molecular formula is C22H29N5O4. The number of amides is 1. The zero-order valence-electron chi connectivity index (χ0n) is 18.3. The molecule has 9 nitrogen and oxygen atoms in total. The van der Waals surface area contributed by atoms with E-state index in [0.29, 0.717) is 6.54 Å². The van der Waals surface area contributed by atoms with Crippen molar-refractivity contribution in [2.24, 2.45) is 0 Å². The van der Waals surface area contributed by atoms with Crippen molar-refractivity contribution >= 4 is 22.9 Å². The maximum atomic E-state index is 12.5. The number of aromatic nitrogens is 3. The largest absolute Gasteiger partial charge is 0.550 e. The van der Waals surface area contributed by atoms with Gasteiger partial charge in [0.25, 0.3) is 0 Å². The second-order valence-electron chi connectivity index (χ2n) is 8.18. The maximum Gasteiger partial charge on any atom is 0.222 e. The summed E-state index contributed by atoms with van der Waals surface area (Å²) in [6.45, 7) is 2.43. The molecule has 3 rings (SSSR count). The first-order valence-corrected chi connectivity index (χ1v) is 9.90. The van der Waals surface area contributed by atoms with Gasteiger partial charge in [0.05, 0.1) is 40.7 Å². The summed E-state index contributed by atoms with van der Waals surface area (Å²) in [5, 5.41) is 30.5. The highest BCUT2D eigenvalue weighted by Crippen LogP contribution is 2.24. The number of nitrogens with zero attached hydrogens (tertiary/aromatic N) is 4. The lowest BCUT2D eigenvalue weighted by molar-refractivity contribution is -0.869. The molecule has 0 saturated heterocycles. The van der Waals surface area contributed by atoms with Gasteiger partial charge in [-0.15, -0.1) is 0 Å². The minimum Gasteiger partial charge on any atom is -0.550 e. The molecule has 1 atom stereocenters. The molecule has 166 valence electrons. The third-order valence-corrected chi connectivity index (χ3v) is 4.34. The molecule has 0 aliphatic carbocycles. The minimum absolute atomic E-state index is 0.0529. The van der Waals surface area contributed by atoms with Gasteiger partial charge in [0.15, 0.2) is 0 Å². The highest BCUT2D eigenvalue weighted by atomic mass is 16.4. The van der Waals surface area contributed by atoms with E-state index in [2.05, 4.69) is 36.7 Å². The topological polar surface area (TPSA) is 120 Å². The van der Waals surface area contributed by atoms with Gasteiger partial charge in [-0.3, -0.25) is 4.79 Å². The molecule has 1 amide bonds. The van der Waals surface area contributed by atoms with Crippen LogP contribution >= 0.6 is 0 Å².